The van der Waals surface area contributed by atoms with Crippen molar-refractivity contribution in [1.82, 2.24) is 10.1 Å². The molecule has 1 unspecified atom stereocenters. The second kappa shape index (κ2) is 10.1. The van der Waals surface area contributed by atoms with Crippen LogP contribution in [0, 0.1) is 19.7 Å². The third-order valence-electron chi connectivity index (χ3n) is 7.28. The number of anilines is 1. The molecule has 2 saturated heterocycles. The van der Waals surface area contributed by atoms with Gasteiger partial charge in [0.15, 0.2) is 0 Å². The van der Waals surface area contributed by atoms with E-state index < -0.39 is 0 Å². The molecule has 7 nitrogen and oxygen atoms in total. The van der Waals surface area contributed by atoms with Gasteiger partial charge in [-0.25, -0.2) is 9.18 Å². The molecule has 1 atom stereocenters. The number of benzene rings is 2. The van der Waals surface area contributed by atoms with Crippen LogP contribution in [0.1, 0.15) is 47.6 Å². The van der Waals surface area contributed by atoms with Crippen LogP contribution in [0.15, 0.2) is 47.0 Å². The van der Waals surface area contributed by atoms with Crippen LogP contribution in [0.2, 0.25) is 5.02 Å². The van der Waals surface area contributed by atoms with Crippen LogP contribution in [-0.4, -0.2) is 41.4 Å². The van der Waals surface area contributed by atoms with Crippen molar-refractivity contribution in [3.8, 4) is 5.75 Å². The molecule has 9 heteroatoms. The van der Waals surface area contributed by atoms with Gasteiger partial charge in [-0.15, -0.1) is 0 Å². The van der Waals surface area contributed by atoms with Gasteiger partial charge in [0.2, 0.25) is 5.88 Å². The van der Waals surface area contributed by atoms with Gasteiger partial charge in [-0.3, -0.25) is 5.32 Å². The molecule has 190 valence electrons. The van der Waals surface area contributed by atoms with Crippen molar-refractivity contribution in [2.45, 2.75) is 51.2 Å². The van der Waals surface area contributed by atoms with E-state index in [0.29, 0.717) is 43.0 Å². The number of amides is 2. The summed E-state index contributed by atoms with van der Waals surface area (Å²) in [5.74, 6) is 0.948. The number of nitrogens with zero attached hydrogens (tertiary/aromatic N) is 2. The number of hydrogen-bond donors (Lipinski definition) is 1. The topological polar surface area (TPSA) is 76.8 Å². The number of urea groups is 1. The number of halogens is 2. The summed E-state index contributed by atoms with van der Waals surface area (Å²) in [6.07, 6.45) is 2.44. The molecule has 2 aromatic carbocycles. The molecule has 2 amide bonds. The van der Waals surface area contributed by atoms with E-state index in [2.05, 4.69) is 10.5 Å². The lowest BCUT2D eigenvalue weighted by atomic mass is 9.83. The highest BCUT2D eigenvalue weighted by Crippen LogP contribution is 2.44. The van der Waals surface area contributed by atoms with Crippen LogP contribution < -0.4 is 10.1 Å². The van der Waals surface area contributed by atoms with E-state index in [-0.39, 0.29) is 23.4 Å². The minimum absolute atomic E-state index is 0.179. The number of likely N-dealkylation sites (tertiary alicyclic amines) is 1. The van der Waals surface area contributed by atoms with Crippen molar-refractivity contribution in [1.29, 1.82) is 0 Å². The molecule has 0 radical (unpaired) electrons. The molecule has 0 saturated carbocycles. The highest BCUT2D eigenvalue weighted by Gasteiger charge is 2.44. The maximum atomic E-state index is 13.1. The molecule has 3 heterocycles. The third kappa shape index (κ3) is 5.20. The zero-order valence-electron chi connectivity index (χ0n) is 20.4. The number of carbonyl (C=O) groups excluding carboxylic acids is 1. The molecule has 3 aromatic rings. The average Bonchev–Trinajstić information content (AvgIpc) is 3.43. The Morgan fingerprint density at radius 3 is 2.64 bits per heavy atom. The molecule has 36 heavy (non-hydrogen) atoms. The number of ether oxygens (including phenoxy) is 2. The Balaban J connectivity index is 1.15. The Labute approximate surface area is 214 Å². The first-order valence-corrected chi connectivity index (χ1v) is 12.5. The molecule has 2 fully saturated rings. The summed E-state index contributed by atoms with van der Waals surface area (Å²) in [6.45, 7) is 5.87. The highest BCUT2D eigenvalue weighted by molar-refractivity contribution is 6.32. The van der Waals surface area contributed by atoms with Gasteiger partial charge in [0, 0.05) is 24.6 Å². The van der Waals surface area contributed by atoms with Gasteiger partial charge >= 0.3 is 6.03 Å². The lowest BCUT2D eigenvalue weighted by Gasteiger charge is -2.38. The Hall–Kier alpha value is -3.10. The van der Waals surface area contributed by atoms with Gasteiger partial charge in [0.1, 0.15) is 18.2 Å². The SMILES string of the molecule is Cc1noc(NC(=O)N2CCC3(CC2)CC(c2ccc(OCc4ccc(F)cc4)c(Cl)c2)CO3)c1C. The maximum Gasteiger partial charge on any atom is 0.324 e. The van der Waals surface area contributed by atoms with Gasteiger partial charge < -0.3 is 18.9 Å². The lowest BCUT2D eigenvalue weighted by molar-refractivity contribution is -0.0355. The van der Waals surface area contributed by atoms with Crippen molar-refractivity contribution in [2.75, 3.05) is 25.0 Å². The van der Waals surface area contributed by atoms with Crippen LogP contribution in [0.5, 0.6) is 5.75 Å². The molecule has 1 spiro atoms. The van der Waals surface area contributed by atoms with Gasteiger partial charge in [-0.1, -0.05) is 35.0 Å². The largest absolute Gasteiger partial charge is 0.487 e. The number of rotatable bonds is 5. The van der Waals surface area contributed by atoms with Crippen molar-refractivity contribution in [3.63, 3.8) is 0 Å². The molecule has 1 aromatic heterocycles. The zero-order valence-corrected chi connectivity index (χ0v) is 21.1. The summed E-state index contributed by atoms with van der Waals surface area (Å²) in [4.78, 5) is 14.5. The van der Waals surface area contributed by atoms with Gasteiger partial charge in [0.25, 0.3) is 0 Å². The zero-order chi connectivity index (χ0) is 25.3. The Morgan fingerprint density at radius 1 is 1.22 bits per heavy atom. The molecule has 2 aliphatic heterocycles. The standard InChI is InChI=1S/C27H29ClFN3O4/c1-17-18(2)31-36-25(17)30-26(33)32-11-9-27(10-12-32)14-21(16-35-27)20-5-8-24(23(28)13-20)34-15-19-3-6-22(29)7-4-19/h3-8,13,21H,9-12,14-16H2,1-2H3,(H,30,33). The maximum absolute atomic E-state index is 13.1. The number of nitrogens with one attached hydrogen (secondary N) is 1. The number of piperidine rings is 1. The molecule has 2 aliphatic rings. The van der Waals surface area contributed by atoms with Gasteiger partial charge in [-0.05, 0) is 68.5 Å². The number of aryl methyl sites for hydroxylation is 1. The van der Waals surface area contributed by atoms with Crippen molar-refractivity contribution < 1.29 is 23.2 Å². The van der Waals surface area contributed by atoms with E-state index >= 15 is 0 Å². The van der Waals surface area contributed by atoms with Crippen molar-refractivity contribution >= 4 is 23.5 Å². The first-order valence-electron chi connectivity index (χ1n) is 12.1. The monoisotopic (exact) mass is 513 g/mol. The fourth-order valence-corrected chi connectivity index (χ4v) is 5.11. The van der Waals surface area contributed by atoms with Crippen LogP contribution in [0.3, 0.4) is 0 Å². The summed E-state index contributed by atoms with van der Waals surface area (Å²) < 4.78 is 30.4. The van der Waals surface area contributed by atoms with E-state index in [1.54, 1.807) is 17.0 Å². The second-order valence-corrected chi connectivity index (χ2v) is 10.0. The third-order valence-corrected chi connectivity index (χ3v) is 7.58. The van der Waals surface area contributed by atoms with Gasteiger partial charge in [-0.2, -0.15) is 0 Å². The second-order valence-electron chi connectivity index (χ2n) is 9.64. The fraction of sp³-hybridized carbons (Fsp3) is 0.407. The molecular formula is C27H29ClFN3O4. The number of aromatic nitrogens is 1. The van der Waals surface area contributed by atoms with E-state index in [1.807, 2.05) is 32.0 Å². The van der Waals surface area contributed by atoms with Crippen LogP contribution >= 0.6 is 11.6 Å². The fourth-order valence-electron chi connectivity index (χ4n) is 4.86. The smallest absolute Gasteiger partial charge is 0.324 e. The molecule has 5 rings (SSSR count). The quantitative estimate of drug-likeness (QED) is 0.437. The van der Waals surface area contributed by atoms with Gasteiger partial charge in [0.05, 0.1) is 22.9 Å². The lowest BCUT2D eigenvalue weighted by Crippen LogP contribution is -2.47. The van der Waals surface area contributed by atoms with E-state index in [4.69, 9.17) is 25.6 Å². The molecule has 0 aliphatic carbocycles. The van der Waals surface area contributed by atoms with Crippen LogP contribution in [0.4, 0.5) is 15.1 Å². The Morgan fingerprint density at radius 2 is 1.97 bits per heavy atom. The number of carbonyl (C=O) groups is 1. The number of hydrogen-bond acceptors (Lipinski definition) is 5. The summed E-state index contributed by atoms with van der Waals surface area (Å²) in [5.41, 5.74) is 3.35. The van der Waals surface area contributed by atoms with E-state index in [9.17, 15) is 9.18 Å². The van der Waals surface area contributed by atoms with Crippen molar-refractivity contribution in [3.05, 3.63) is 75.7 Å². The average molecular weight is 514 g/mol. The minimum atomic E-state index is -0.275. The molecular weight excluding hydrogens is 485 g/mol. The summed E-state index contributed by atoms with van der Waals surface area (Å²) in [6, 6.07) is 11.9. The normalized spacial score (nSPS) is 19.0. The predicted molar refractivity (Wildman–Crippen MR) is 134 cm³/mol. The Kier molecular flexibility index (Phi) is 6.90. The van der Waals surface area contributed by atoms with Crippen molar-refractivity contribution in [2.24, 2.45) is 0 Å². The predicted octanol–water partition coefficient (Wildman–Crippen LogP) is 6.23. The summed E-state index contributed by atoms with van der Waals surface area (Å²) in [7, 11) is 0. The molecule has 0 bridgehead atoms. The summed E-state index contributed by atoms with van der Waals surface area (Å²) in [5, 5.41) is 7.25. The summed E-state index contributed by atoms with van der Waals surface area (Å²) >= 11 is 6.52. The van der Waals surface area contributed by atoms with E-state index in [1.165, 1.54) is 12.1 Å². The first kappa shape index (κ1) is 24.6. The van der Waals surface area contributed by atoms with E-state index in [0.717, 1.165) is 41.6 Å². The highest BCUT2D eigenvalue weighted by atomic mass is 35.5. The van der Waals surface area contributed by atoms with Crippen LogP contribution in [0.25, 0.3) is 0 Å². The molecule has 1 N–H and O–H groups in total. The van der Waals surface area contributed by atoms with Crippen LogP contribution in [-0.2, 0) is 11.3 Å². The Bertz CT molecular complexity index is 1240. The first-order chi connectivity index (χ1) is 17.3. The minimum Gasteiger partial charge on any atom is -0.487 e.